The van der Waals surface area contributed by atoms with Crippen LogP contribution in [-0.4, -0.2) is 14.5 Å². The van der Waals surface area contributed by atoms with Gasteiger partial charge in [0.05, 0.1) is 22.4 Å². The Bertz CT molecular complexity index is 2070. The average Bonchev–Trinajstić information content (AvgIpc) is 3.48. The first-order valence-electron chi connectivity index (χ1n) is 13.8. The molecule has 40 heavy (non-hydrogen) atoms. The highest BCUT2D eigenvalue weighted by atomic mass is 15.2. The van der Waals surface area contributed by atoms with Gasteiger partial charge in [0, 0.05) is 27.3 Å². The molecule has 0 bridgehead atoms. The SMILES string of the molecule is CC1(C)c2ccccc2-c2c1c1ccccc1n2-c1nc(-c2ccccc2)c2cc(-c3ccccc3)ccc2n1. The van der Waals surface area contributed by atoms with Crippen LogP contribution in [0.3, 0.4) is 0 Å². The van der Waals surface area contributed by atoms with E-state index in [9.17, 15) is 0 Å². The summed E-state index contributed by atoms with van der Waals surface area (Å²) in [6.45, 7) is 4.66. The Kier molecular flexibility index (Phi) is 4.86. The molecule has 2 heterocycles. The summed E-state index contributed by atoms with van der Waals surface area (Å²) in [4.78, 5) is 10.6. The average molecular weight is 514 g/mol. The zero-order valence-electron chi connectivity index (χ0n) is 22.5. The predicted molar refractivity (Wildman–Crippen MR) is 165 cm³/mol. The Morgan fingerprint density at radius 1 is 0.575 bits per heavy atom. The quantitative estimate of drug-likeness (QED) is 0.236. The van der Waals surface area contributed by atoms with Crippen LogP contribution in [0.5, 0.6) is 0 Å². The third-order valence-electron chi connectivity index (χ3n) is 8.39. The summed E-state index contributed by atoms with van der Waals surface area (Å²) in [5, 5.41) is 2.30. The van der Waals surface area contributed by atoms with Crippen molar-refractivity contribution in [3.05, 3.63) is 139 Å². The van der Waals surface area contributed by atoms with Crippen molar-refractivity contribution in [2.24, 2.45) is 0 Å². The molecule has 7 aromatic rings. The van der Waals surface area contributed by atoms with Gasteiger partial charge in [-0.25, -0.2) is 9.97 Å². The molecule has 5 aromatic carbocycles. The van der Waals surface area contributed by atoms with Crippen LogP contribution in [-0.2, 0) is 5.41 Å². The van der Waals surface area contributed by atoms with Crippen LogP contribution in [0.25, 0.3) is 61.4 Å². The van der Waals surface area contributed by atoms with Gasteiger partial charge in [0.15, 0.2) is 0 Å². The van der Waals surface area contributed by atoms with E-state index in [1.807, 2.05) is 0 Å². The molecule has 2 aromatic heterocycles. The lowest BCUT2D eigenvalue weighted by molar-refractivity contribution is 0.666. The van der Waals surface area contributed by atoms with Crippen LogP contribution in [0, 0.1) is 0 Å². The maximum atomic E-state index is 5.35. The summed E-state index contributed by atoms with van der Waals surface area (Å²) in [6, 6.07) is 45.0. The van der Waals surface area contributed by atoms with Crippen molar-refractivity contribution in [3.8, 4) is 39.6 Å². The van der Waals surface area contributed by atoms with E-state index in [0.717, 1.165) is 33.2 Å². The van der Waals surface area contributed by atoms with E-state index in [2.05, 4.69) is 146 Å². The molecule has 0 saturated heterocycles. The van der Waals surface area contributed by atoms with E-state index in [1.54, 1.807) is 0 Å². The topological polar surface area (TPSA) is 30.7 Å². The van der Waals surface area contributed by atoms with Gasteiger partial charge < -0.3 is 0 Å². The van der Waals surface area contributed by atoms with Gasteiger partial charge in [-0.05, 0) is 40.5 Å². The number of hydrogen-bond donors (Lipinski definition) is 0. The van der Waals surface area contributed by atoms with Gasteiger partial charge in [-0.15, -0.1) is 0 Å². The number of para-hydroxylation sites is 1. The highest BCUT2D eigenvalue weighted by Gasteiger charge is 2.40. The van der Waals surface area contributed by atoms with Gasteiger partial charge >= 0.3 is 0 Å². The standard InChI is InChI=1S/C37H27N3/c1-37(2)30-19-11-9-17-27(30)35-33(37)28-18-10-12-20-32(28)40(35)36-38-31-22-21-26(24-13-5-3-6-14-24)23-29(31)34(39-36)25-15-7-4-8-16-25/h3-23H,1-2H3. The van der Waals surface area contributed by atoms with Gasteiger partial charge in [-0.1, -0.05) is 123 Å². The fourth-order valence-electron chi connectivity index (χ4n) is 6.55. The Hall–Kier alpha value is -5.02. The Balaban J connectivity index is 1.47. The summed E-state index contributed by atoms with van der Waals surface area (Å²) in [7, 11) is 0. The Labute approximate surface area is 233 Å². The first-order valence-corrected chi connectivity index (χ1v) is 13.8. The fourth-order valence-corrected chi connectivity index (χ4v) is 6.55. The number of fused-ring (bicyclic) bond motifs is 6. The van der Waals surface area contributed by atoms with Crippen molar-refractivity contribution in [2.75, 3.05) is 0 Å². The number of rotatable bonds is 3. The molecule has 0 unspecified atom stereocenters. The molecule has 0 fully saturated rings. The van der Waals surface area contributed by atoms with Gasteiger partial charge in [0.2, 0.25) is 5.95 Å². The summed E-state index contributed by atoms with van der Waals surface area (Å²) in [5.41, 5.74) is 11.4. The van der Waals surface area contributed by atoms with E-state index >= 15 is 0 Å². The lowest BCUT2D eigenvalue weighted by Gasteiger charge is -2.21. The summed E-state index contributed by atoms with van der Waals surface area (Å²) in [5.74, 6) is 0.698. The molecule has 1 aliphatic rings. The second-order valence-corrected chi connectivity index (χ2v) is 11.1. The van der Waals surface area contributed by atoms with Crippen LogP contribution < -0.4 is 0 Å². The zero-order valence-corrected chi connectivity index (χ0v) is 22.5. The molecule has 8 rings (SSSR count). The zero-order chi connectivity index (χ0) is 26.8. The minimum atomic E-state index is -0.125. The molecular weight excluding hydrogens is 486 g/mol. The normalized spacial score (nSPS) is 13.4. The van der Waals surface area contributed by atoms with Crippen molar-refractivity contribution in [3.63, 3.8) is 0 Å². The van der Waals surface area contributed by atoms with E-state index in [1.165, 1.54) is 33.3 Å². The van der Waals surface area contributed by atoms with Gasteiger partial charge in [0.1, 0.15) is 0 Å². The number of hydrogen-bond acceptors (Lipinski definition) is 2. The second kappa shape index (κ2) is 8.49. The summed E-state index contributed by atoms with van der Waals surface area (Å²) >= 11 is 0. The van der Waals surface area contributed by atoms with Crippen molar-refractivity contribution in [2.45, 2.75) is 19.3 Å². The van der Waals surface area contributed by atoms with Crippen LogP contribution >= 0.6 is 0 Å². The molecule has 3 nitrogen and oxygen atoms in total. The number of benzene rings is 5. The first-order chi connectivity index (χ1) is 19.6. The Morgan fingerprint density at radius 3 is 2.05 bits per heavy atom. The fraction of sp³-hybridized carbons (Fsp3) is 0.0811. The van der Waals surface area contributed by atoms with Gasteiger partial charge in [-0.2, -0.15) is 0 Å². The van der Waals surface area contributed by atoms with E-state index in [4.69, 9.17) is 9.97 Å². The lowest BCUT2D eigenvalue weighted by Crippen LogP contribution is -2.14. The molecule has 0 radical (unpaired) electrons. The molecule has 0 aliphatic heterocycles. The van der Waals surface area contributed by atoms with Gasteiger partial charge in [-0.3, -0.25) is 4.57 Å². The van der Waals surface area contributed by atoms with Crippen LogP contribution in [0.1, 0.15) is 25.0 Å². The molecule has 0 atom stereocenters. The van der Waals surface area contributed by atoms with Crippen molar-refractivity contribution < 1.29 is 0 Å². The molecule has 0 saturated carbocycles. The lowest BCUT2D eigenvalue weighted by atomic mass is 9.81. The second-order valence-electron chi connectivity index (χ2n) is 11.1. The van der Waals surface area contributed by atoms with Crippen LogP contribution in [0.2, 0.25) is 0 Å². The first kappa shape index (κ1) is 22.9. The maximum Gasteiger partial charge on any atom is 0.235 e. The van der Waals surface area contributed by atoms with E-state index in [-0.39, 0.29) is 5.41 Å². The molecular formula is C37H27N3. The van der Waals surface area contributed by atoms with E-state index < -0.39 is 0 Å². The third kappa shape index (κ3) is 3.24. The predicted octanol–water partition coefficient (Wildman–Crippen LogP) is 9.21. The van der Waals surface area contributed by atoms with Crippen molar-refractivity contribution in [1.82, 2.24) is 14.5 Å². The van der Waals surface area contributed by atoms with E-state index in [0.29, 0.717) is 5.95 Å². The monoisotopic (exact) mass is 513 g/mol. The number of nitrogens with zero attached hydrogens (tertiary/aromatic N) is 3. The molecule has 0 spiro atoms. The smallest absolute Gasteiger partial charge is 0.235 e. The van der Waals surface area contributed by atoms with Crippen molar-refractivity contribution >= 4 is 21.8 Å². The molecule has 0 N–H and O–H groups in total. The van der Waals surface area contributed by atoms with Gasteiger partial charge in [0.25, 0.3) is 0 Å². The minimum Gasteiger partial charge on any atom is -0.278 e. The Morgan fingerprint density at radius 2 is 1.25 bits per heavy atom. The molecule has 1 aliphatic carbocycles. The number of aromatic nitrogens is 3. The minimum absolute atomic E-state index is 0.125. The van der Waals surface area contributed by atoms with Crippen LogP contribution in [0.4, 0.5) is 0 Å². The summed E-state index contributed by atoms with van der Waals surface area (Å²) < 4.78 is 2.29. The molecule has 0 amide bonds. The molecule has 3 heteroatoms. The van der Waals surface area contributed by atoms with Crippen molar-refractivity contribution in [1.29, 1.82) is 0 Å². The maximum absolute atomic E-state index is 5.35. The molecule has 190 valence electrons. The van der Waals surface area contributed by atoms with Crippen LogP contribution in [0.15, 0.2) is 127 Å². The largest absolute Gasteiger partial charge is 0.278 e. The summed E-state index contributed by atoms with van der Waals surface area (Å²) in [6.07, 6.45) is 0. The third-order valence-corrected chi connectivity index (χ3v) is 8.39. The highest BCUT2D eigenvalue weighted by molar-refractivity contribution is 6.00. The highest BCUT2D eigenvalue weighted by Crippen LogP contribution is 2.53.